The van der Waals surface area contributed by atoms with Gasteiger partial charge in [-0.1, -0.05) is 11.2 Å². The number of hydrogen-bond donors (Lipinski definition) is 3. The molecule has 1 unspecified atom stereocenters. The molecule has 0 saturated carbocycles. The lowest BCUT2D eigenvalue weighted by molar-refractivity contribution is 0.186. The lowest BCUT2D eigenvalue weighted by atomic mass is 10.2. The zero-order valence-electron chi connectivity index (χ0n) is 12.4. The molecule has 0 aliphatic carbocycles. The summed E-state index contributed by atoms with van der Waals surface area (Å²) in [5, 5.41) is 16.8. The third-order valence-electron chi connectivity index (χ3n) is 3.16. The van der Waals surface area contributed by atoms with Crippen molar-refractivity contribution in [3.05, 3.63) is 58.4 Å². The lowest BCUT2D eigenvalue weighted by Gasteiger charge is -2.12. The summed E-state index contributed by atoms with van der Waals surface area (Å²) in [6, 6.07) is 8.18. The van der Waals surface area contributed by atoms with Gasteiger partial charge in [-0.05, 0) is 25.1 Å². The first-order valence-electron chi connectivity index (χ1n) is 7.00. The van der Waals surface area contributed by atoms with Gasteiger partial charge in [0.25, 0.3) is 5.89 Å². The third-order valence-corrected chi connectivity index (χ3v) is 3.16. The fraction of sp³-hybridized carbons (Fsp3) is 0.200. The molecule has 0 aliphatic heterocycles. The Hall–Kier alpha value is -3.00. The minimum Gasteiger partial charge on any atom is -0.385 e. The minimum absolute atomic E-state index is 0.214. The normalized spacial score (nSPS) is 12.1. The van der Waals surface area contributed by atoms with Crippen molar-refractivity contribution in [3.8, 4) is 11.5 Å². The minimum atomic E-state index is -0.844. The Balaban J connectivity index is 1.63. The summed E-state index contributed by atoms with van der Waals surface area (Å²) < 4.78 is 5.06. The highest BCUT2D eigenvalue weighted by molar-refractivity contribution is 5.54. The lowest BCUT2D eigenvalue weighted by Crippen LogP contribution is -2.17. The highest BCUT2D eigenvalue weighted by atomic mass is 16.5. The maximum atomic E-state index is 11.2. The van der Waals surface area contributed by atoms with Crippen molar-refractivity contribution in [1.29, 1.82) is 0 Å². The number of aryl methyl sites for hydroxylation is 1. The van der Waals surface area contributed by atoms with E-state index in [4.69, 9.17) is 4.52 Å². The van der Waals surface area contributed by atoms with Gasteiger partial charge >= 0.3 is 0 Å². The maximum Gasteiger partial charge on any atom is 0.259 e. The number of nitrogens with zero attached hydrogens (tertiary/aromatic N) is 3. The molecule has 3 N–H and O–H groups in total. The average Bonchev–Trinajstić information content (AvgIpc) is 2.99. The van der Waals surface area contributed by atoms with E-state index < -0.39 is 6.10 Å². The molecule has 0 aromatic carbocycles. The Bertz CT molecular complexity index is 841. The molecule has 0 amide bonds. The fourth-order valence-corrected chi connectivity index (χ4v) is 2.01. The van der Waals surface area contributed by atoms with Crippen LogP contribution < -0.4 is 10.9 Å². The number of nitrogens with one attached hydrogen (secondary N) is 2. The molecular weight excluding hydrogens is 298 g/mol. The van der Waals surface area contributed by atoms with E-state index in [0.717, 1.165) is 0 Å². The van der Waals surface area contributed by atoms with Crippen molar-refractivity contribution < 1.29 is 9.63 Å². The van der Waals surface area contributed by atoms with Crippen molar-refractivity contribution in [1.82, 2.24) is 20.1 Å². The van der Waals surface area contributed by atoms with Crippen molar-refractivity contribution in [3.63, 3.8) is 0 Å². The van der Waals surface area contributed by atoms with Gasteiger partial charge in [0.2, 0.25) is 5.56 Å². The monoisotopic (exact) mass is 313 g/mol. The molecule has 118 valence electrons. The summed E-state index contributed by atoms with van der Waals surface area (Å²) in [5.74, 6) is 1.55. The zero-order valence-corrected chi connectivity index (χ0v) is 12.4. The number of pyridine rings is 2. The van der Waals surface area contributed by atoms with Gasteiger partial charge in [0, 0.05) is 24.5 Å². The molecule has 23 heavy (non-hydrogen) atoms. The number of hydrogen-bond acceptors (Lipinski definition) is 7. The SMILES string of the molecule is Cc1noc(-c2ccc(NCC(O)c3cccc(=O)[nH]3)nc2)n1. The summed E-state index contributed by atoms with van der Waals surface area (Å²) in [6.07, 6.45) is 0.760. The van der Waals surface area contributed by atoms with E-state index in [1.165, 1.54) is 6.07 Å². The van der Waals surface area contributed by atoms with Crippen LogP contribution in [0, 0.1) is 6.92 Å². The molecule has 8 nitrogen and oxygen atoms in total. The zero-order chi connectivity index (χ0) is 16.2. The molecule has 0 saturated heterocycles. The van der Waals surface area contributed by atoms with Gasteiger partial charge in [0.15, 0.2) is 5.82 Å². The van der Waals surface area contributed by atoms with Gasteiger partial charge in [-0.15, -0.1) is 0 Å². The first kappa shape index (κ1) is 14.9. The summed E-state index contributed by atoms with van der Waals surface area (Å²) in [5.41, 5.74) is 0.908. The van der Waals surface area contributed by atoms with E-state index in [1.54, 1.807) is 37.4 Å². The molecule has 8 heteroatoms. The van der Waals surface area contributed by atoms with Crippen LogP contribution in [0.2, 0.25) is 0 Å². The Morgan fingerprint density at radius 2 is 2.22 bits per heavy atom. The molecule has 0 spiro atoms. The number of aromatic amines is 1. The number of aliphatic hydroxyl groups excluding tert-OH is 1. The molecular formula is C15H15N5O3. The summed E-state index contributed by atoms with van der Waals surface area (Å²) in [6.45, 7) is 1.96. The molecule has 3 heterocycles. The van der Waals surface area contributed by atoms with Gasteiger partial charge in [-0.3, -0.25) is 4.79 Å². The van der Waals surface area contributed by atoms with Crippen LogP contribution in [0.4, 0.5) is 5.82 Å². The summed E-state index contributed by atoms with van der Waals surface area (Å²) in [7, 11) is 0. The second kappa shape index (κ2) is 6.41. The van der Waals surface area contributed by atoms with Crippen molar-refractivity contribution >= 4 is 5.82 Å². The first-order chi connectivity index (χ1) is 11.1. The van der Waals surface area contributed by atoms with Crippen LogP contribution in [0.1, 0.15) is 17.6 Å². The molecule has 3 rings (SSSR count). The van der Waals surface area contributed by atoms with Gasteiger partial charge in [-0.2, -0.15) is 4.98 Å². The Kier molecular flexibility index (Phi) is 4.15. The first-order valence-corrected chi connectivity index (χ1v) is 7.00. The number of rotatable bonds is 5. The summed E-state index contributed by atoms with van der Waals surface area (Å²) in [4.78, 5) is 22.2. The van der Waals surface area contributed by atoms with E-state index in [2.05, 4.69) is 25.4 Å². The largest absolute Gasteiger partial charge is 0.385 e. The van der Waals surface area contributed by atoms with Gasteiger partial charge in [0.1, 0.15) is 11.9 Å². The van der Waals surface area contributed by atoms with Crippen molar-refractivity contribution in [2.24, 2.45) is 0 Å². The van der Waals surface area contributed by atoms with Gasteiger partial charge in [0.05, 0.1) is 5.56 Å². The molecule has 0 bridgehead atoms. The van der Waals surface area contributed by atoms with Crippen LogP contribution in [-0.2, 0) is 0 Å². The van der Waals surface area contributed by atoms with E-state index in [-0.39, 0.29) is 12.1 Å². The van der Waals surface area contributed by atoms with Crippen LogP contribution in [-0.4, -0.2) is 31.8 Å². The maximum absolute atomic E-state index is 11.2. The van der Waals surface area contributed by atoms with Gasteiger partial charge < -0.3 is 19.9 Å². The van der Waals surface area contributed by atoms with E-state index in [0.29, 0.717) is 28.8 Å². The van der Waals surface area contributed by atoms with Crippen molar-refractivity contribution in [2.75, 3.05) is 11.9 Å². The standard InChI is InChI=1S/C15H15N5O3/c1-9-18-15(23-20-9)10-5-6-13(16-7-10)17-8-12(21)11-3-2-4-14(22)19-11/h2-7,12,21H,8H2,1H3,(H,16,17)(H,19,22). The number of anilines is 1. The Morgan fingerprint density at radius 3 is 2.87 bits per heavy atom. The molecule has 3 aromatic rings. The number of H-pyrrole nitrogens is 1. The Labute approximate surface area is 131 Å². The molecule has 1 atom stereocenters. The Morgan fingerprint density at radius 1 is 1.35 bits per heavy atom. The van der Waals surface area contributed by atoms with Crippen LogP contribution in [0.25, 0.3) is 11.5 Å². The molecule has 0 radical (unpaired) electrons. The predicted octanol–water partition coefficient (Wildman–Crippen LogP) is 1.27. The highest BCUT2D eigenvalue weighted by Crippen LogP contribution is 2.18. The smallest absolute Gasteiger partial charge is 0.259 e. The quantitative estimate of drug-likeness (QED) is 0.649. The molecule has 3 aromatic heterocycles. The van der Waals surface area contributed by atoms with E-state index in [9.17, 15) is 9.90 Å². The fourth-order valence-electron chi connectivity index (χ4n) is 2.01. The summed E-state index contributed by atoms with van der Waals surface area (Å²) >= 11 is 0. The van der Waals surface area contributed by atoms with Crippen LogP contribution >= 0.6 is 0 Å². The van der Waals surface area contributed by atoms with Gasteiger partial charge in [-0.25, -0.2) is 4.98 Å². The third kappa shape index (κ3) is 3.61. The molecule has 0 fully saturated rings. The number of aliphatic hydroxyl groups is 1. The van der Waals surface area contributed by atoms with Crippen LogP contribution in [0.5, 0.6) is 0 Å². The van der Waals surface area contributed by atoms with Crippen LogP contribution in [0.3, 0.4) is 0 Å². The predicted molar refractivity (Wildman–Crippen MR) is 82.8 cm³/mol. The van der Waals surface area contributed by atoms with Crippen LogP contribution in [0.15, 0.2) is 45.8 Å². The van der Waals surface area contributed by atoms with E-state index >= 15 is 0 Å². The van der Waals surface area contributed by atoms with E-state index in [1.807, 2.05) is 0 Å². The topological polar surface area (TPSA) is 117 Å². The second-order valence-corrected chi connectivity index (χ2v) is 4.95. The second-order valence-electron chi connectivity index (χ2n) is 4.95. The highest BCUT2D eigenvalue weighted by Gasteiger charge is 2.09. The average molecular weight is 313 g/mol. The van der Waals surface area contributed by atoms with Crippen molar-refractivity contribution in [2.45, 2.75) is 13.0 Å². The molecule has 0 aliphatic rings. The number of aromatic nitrogens is 4.